The van der Waals surface area contributed by atoms with E-state index in [1.54, 1.807) is 6.07 Å². The van der Waals surface area contributed by atoms with Gasteiger partial charge in [-0.2, -0.15) is 0 Å². The number of aryl methyl sites for hydroxylation is 1. The van der Waals surface area contributed by atoms with Gasteiger partial charge < -0.3 is 9.30 Å². The van der Waals surface area contributed by atoms with E-state index in [1.165, 1.54) is 13.3 Å². The number of hydrogen-bond acceptors (Lipinski definition) is 3. The lowest BCUT2D eigenvalue weighted by molar-refractivity contribution is 0.0600. The maximum absolute atomic E-state index is 11.3. The third-order valence-electron chi connectivity index (χ3n) is 2.19. The van der Waals surface area contributed by atoms with E-state index < -0.39 is 0 Å². The van der Waals surface area contributed by atoms with Crippen LogP contribution in [0.4, 0.5) is 0 Å². The summed E-state index contributed by atoms with van der Waals surface area (Å²) in [5.74, 6) is -0.375. The van der Waals surface area contributed by atoms with Crippen LogP contribution in [0.5, 0.6) is 0 Å². The molecule has 2 aromatic rings. The number of carbonyl (C=O) groups excluding carboxylic acids is 1. The molecule has 5 heteroatoms. The smallest absolute Gasteiger partial charge is 0.339 e. The van der Waals surface area contributed by atoms with Crippen LogP contribution in [0.15, 0.2) is 22.9 Å². The van der Waals surface area contributed by atoms with Gasteiger partial charge in [-0.1, -0.05) is 0 Å². The zero-order valence-electron chi connectivity index (χ0n) is 8.32. The molecule has 0 saturated heterocycles. The van der Waals surface area contributed by atoms with Crippen molar-refractivity contribution >= 4 is 32.9 Å². The minimum atomic E-state index is -0.375. The molecule has 0 aliphatic heterocycles. The molecule has 2 heterocycles. The lowest BCUT2D eigenvalue weighted by atomic mass is 10.2. The SMILES string of the molecule is COC(=O)c1cnc2c(c1)c(Br)cn2C. The molecule has 0 radical (unpaired) electrons. The normalized spacial score (nSPS) is 10.6. The molecule has 15 heavy (non-hydrogen) atoms. The molecular weight excluding hydrogens is 260 g/mol. The summed E-state index contributed by atoms with van der Waals surface area (Å²) in [7, 11) is 3.25. The Morgan fingerprint density at radius 1 is 1.60 bits per heavy atom. The largest absolute Gasteiger partial charge is 0.465 e. The van der Waals surface area contributed by atoms with Crippen molar-refractivity contribution in [1.82, 2.24) is 9.55 Å². The van der Waals surface area contributed by atoms with E-state index >= 15 is 0 Å². The Bertz CT molecular complexity index is 533. The number of esters is 1. The standard InChI is InChI=1S/C10H9BrN2O2/c1-13-5-8(11)7-3-6(10(14)15-2)4-12-9(7)13/h3-5H,1-2H3. The number of nitrogens with zero attached hydrogens (tertiary/aromatic N) is 2. The van der Waals surface area contributed by atoms with Gasteiger partial charge in [0.15, 0.2) is 0 Å². The number of aromatic nitrogens is 2. The topological polar surface area (TPSA) is 44.1 Å². The Hall–Kier alpha value is -1.36. The molecule has 0 bridgehead atoms. The van der Waals surface area contributed by atoms with E-state index in [4.69, 9.17) is 0 Å². The second kappa shape index (κ2) is 3.66. The Morgan fingerprint density at radius 3 is 3.00 bits per heavy atom. The van der Waals surface area contributed by atoms with Crippen molar-refractivity contribution in [3.8, 4) is 0 Å². The van der Waals surface area contributed by atoms with Gasteiger partial charge in [-0.15, -0.1) is 0 Å². The number of fused-ring (bicyclic) bond motifs is 1. The average molecular weight is 269 g/mol. The minimum Gasteiger partial charge on any atom is -0.465 e. The molecule has 0 aliphatic carbocycles. The van der Waals surface area contributed by atoms with Crippen molar-refractivity contribution in [2.75, 3.05) is 7.11 Å². The Morgan fingerprint density at radius 2 is 2.33 bits per heavy atom. The lowest BCUT2D eigenvalue weighted by Gasteiger charge is -1.99. The molecule has 0 aliphatic rings. The molecule has 78 valence electrons. The third-order valence-corrected chi connectivity index (χ3v) is 2.82. The number of halogens is 1. The van der Waals surface area contributed by atoms with Crippen LogP contribution in [-0.2, 0) is 11.8 Å². The Balaban J connectivity index is 2.65. The van der Waals surface area contributed by atoms with Crippen LogP contribution in [0.2, 0.25) is 0 Å². The number of pyridine rings is 1. The molecule has 0 fully saturated rings. The monoisotopic (exact) mass is 268 g/mol. The zero-order valence-corrected chi connectivity index (χ0v) is 9.91. The molecule has 0 saturated carbocycles. The van der Waals surface area contributed by atoms with Crippen molar-refractivity contribution in [2.45, 2.75) is 0 Å². The molecule has 4 nitrogen and oxygen atoms in total. The van der Waals surface area contributed by atoms with Crippen LogP contribution >= 0.6 is 15.9 Å². The fourth-order valence-electron chi connectivity index (χ4n) is 1.44. The fraction of sp³-hybridized carbons (Fsp3) is 0.200. The second-order valence-electron chi connectivity index (χ2n) is 3.17. The van der Waals surface area contributed by atoms with E-state index in [2.05, 4.69) is 25.7 Å². The van der Waals surface area contributed by atoms with Crippen molar-refractivity contribution in [3.05, 3.63) is 28.5 Å². The lowest BCUT2D eigenvalue weighted by Crippen LogP contribution is -2.01. The van der Waals surface area contributed by atoms with E-state index in [0.717, 1.165) is 15.5 Å². The molecule has 0 unspecified atom stereocenters. The zero-order chi connectivity index (χ0) is 11.0. The highest BCUT2D eigenvalue weighted by atomic mass is 79.9. The Labute approximate surface area is 95.0 Å². The first-order valence-electron chi connectivity index (χ1n) is 4.32. The maximum atomic E-state index is 11.3. The highest BCUT2D eigenvalue weighted by Crippen LogP contribution is 2.24. The Kier molecular flexibility index (Phi) is 2.48. The average Bonchev–Trinajstić information content (AvgIpc) is 2.53. The number of hydrogen-bond donors (Lipinski definition) is 0. The summed E-state index contributed by atoms with van der Waals surface area (Å²) in [4.78, 5) is 15.5. The fourth-order valence-corrected chi connectivity index (χ4v) is 2.04. The quantitative estimate of drug-likeness (QED) is 0.745. The second-order valence-corrected chi connectivity index (χ2v) is 4.03. The summed E-state index contributed by atoms with van der Waals surface area (Å²) in [6.45, 7) is 0. The van der Waals surface area contributed by atoms with Gasteiger partial charge in [0, 0.05) is 29.3 Å². The van der Waals surface area contributed by atoms with E-state index in [9.17, 15) is 4.79 Å². The highest BCUT2D eigenvalue weighted by molar-refractivity contribution is 9.10. The molecule has 0 aromatic carbocycles. The van der Waals surface area contributed by atoms with Crippen LogP contribution in [-0.4, -0.2) is 22.6 Å². The summed E-state index contributed by atoms with van der Waals surface area (Å²) < 4.78 is 7.44. The van der Waals surface area contributed by atoms with Crippen LogP contribution in [0.25, 0.3) is 11.0 Å². The summed E-state index contributed by atoms with van der Waals surface area (Å²) in [6, 6.07) is 1.76. The number of carbonyl (C=O) groups is 1. The summed E-state index contributed by atoms with van der Waals surface area (Å²) in [6.07, 6.45) is 3.42. The first-order chi connectivity index (χ1) is 7.13. The van der Waals surface area contributed by atoms with Crippen LogP contribution in [0.1, 0.15) is 10.4 Å². The number of methoxy groups -OCH3 is 1. The van der Waals surface area contributed by atoms with Crippen LogP contribution < -0.4 is 0 Å². The van der Waals surface area contributed by atoms with Crippen molar-refractivity contribution in [3.63, 3.8) is 0 Å². The van der Waals surface area contributed by atoms with Crippen LogP contribution in [0.3, 0.4) is 0 Å². The predicted molar refractivity (Wildman–Crippen MR) is 59.8 cm³/mol. The number of rotatable bonds is 1. The van der Waals surface area contributed by atoms with Gasteiger partial charge in [0.1, 0.15) is 5.65 Å². The van der Waals surface area contributed by atoms with Gasteiger partial charge in [0.05, 0.1) is 12.7 Å². The molecule has 2 aromatic heterocycles. The molecule has 2 rings (SSSR count). The summed E-state index contributed by atoms with van der Waals surface area (Å²) in [5, 5.41) is 0.903. The first kappa shape index (κ1) is 10.2. The van der Waals surface area contributed by atoms with Gasteiger partial charge >= 0.3 is 5.97 Å². The molecule has 0 N–H and O–H groups in total. The highest BCUT2D eigenvalue weighted by Gasteiger charge is 2.10. The molecule has 0 amide bonds. The third kappa shape index (κ3) is 1.63. The van der Waals surface area contributed by atoms with Crippen molar-refractivity contribution < 1.29 is 9.53 Å². The van der Waals surface area contributed by atoms with Crippen molar-refractivity contribution in [2.24, 2.45) is 7.05 Å². The summed E-state index contributed by atoms with van der Waals surface area (Å²) >= 11 is 3.41. The van der Waals surface area contributed by atoms with Gasteiger partial charge in [-0.3, -0.25) is 0 Å². The minimum absolute atomic E-state index is 0.375. The van der Waals surface area contributed by atoms with E-state index in [0.29, 0.717) is 5.56 Å². The molecule has 0 spiro atoms. The van der Waals surface area contributed by atoms with E-state index in [1.807, 2.05) is 17.8 Å². The van der Waals surface area contributed by atoms with Gasteiger partial charge in [-0.05, 0) is 22.0 Å². The molecular formula is C10H9BrN2O2. The predicted octanol–water partition coefficient (Wildman–Crippen LogP) is 2.12. The summed E-state index contributed by atoms with van der Waals surface area (Å²) in [5.41, 5.74) is 1.28. The van der Waals surface area contributed by atoms with Crippen molar-refractivity contribution in [1.29, 1.82) is 0 Å². The van der Waals surface area contributed by atoms with E-state index in [-0.39, 0.29) is 5.97 Å². The molecule has 0 atom stereocenters. The van der Waals surface area contributed by atoms with Gasteiger partial charge in [-0.25, -0.2) is 9.78 Å². The number of ether oxygens (including phenoxy) is 1. The van der Waals surface area contributed by atoms with Crippen LogP contribution in [0, 0.1) is 0 Å². The maximum Gasteiger partial charge on any atom is 0.339 e. The van der Waals surface area contributed by atoms with Gasteiger partial charge in [0.25, 0.3) is 0 Å². The first-order valence-corrected chi connectivity index (χ1v) is 5.11. The van der Waals surface area contributed by atoms with Gasteiger partial charge in [0.2, 0.25) is 0 Å².